The van der Waals surface area contributed by atoms with Crippen LogP contribution in [0.1, 0.15) is 30.5 Å². The number of alkyl halides is 3. The van der Waals surface area contributed by atoms with Crippen LogP contribution in [0.4, 0.5) is 13.2 Å². The molecule has 0 amide bonds. The topological polar surface area (TPSA) is 86.7 Å². The number of piperidine rings is 1. The fourth-order valence-corrected chi connectivity index (χ4v) is 4.46. The van der Waals surface area contributed by atoms with Crippen LogP contribution >= 0.6 is 35.3 Å². The summed E-state index contributed by atoms with van der Waals surface area (Å²) in [6.07, 6.45) is 1.62. The highest BCUT2D eigenvalue weighted by Gasteiger charge is 2.50. The van der Waals surface area contributed by atoms with Gasteiger partial charge < -0.3 is 10.6 Å². The molecule has 1 saturated heterocycles. The maximum Gasteiger partial charge on any atom is 0.511 e. The Labute approximate surface area is 184 Å². The predicted octanol–water partition coefficient (Wildman–Crippen LogP) is 2.55. The van der Waals surface area contributed by atoms with Crippen molar-refractivity contribution in [2.45, 2.75) is 38.2 Å². The molecule has 0 aliphatic carbocycles. The van der Waals surface area contributed by atoms with Crippen LogP contribution in [0, 0.1) is 5.92 Å². The quantitative estimate of drug-likeness (QED) is 0.320. The van der Waals surface area contributed by atoms with Crippen LogP contribution < -0.4 is 10.6 Å². The highest BCUT2D eigenvalue weighted by molar-refractivity contribution is 14.0. The summed E-state index contributed by atoms with van der Waals surface area (Å²) in [5, 5.41) is 9.33. The monoisotopic (exact) mass is 555 g/mol. The molecule has 2 rings (SSSR count). The van der Waals surface area contributed by atoms with Crippen LogP contribution in [-0.2, 0) is 23.0 Å². The van der Waals surface area contributed by atoms with Crippen LogP contribution in [-0.4, -0.2) is 55.9 Å². The van der Waals surface area contributed by atoms with Crippen LogP contribution in [0.5, 0.6) is 0 Å². The lowest BCUT2D eigenvalue weighted by Gasteiger charge is -2.31. The highest BCUT2D eigenvalue weighted by atomic mass is 127. The number of aliphatic imine (C=N–C) groups is 1. The first-order valence-corrected chi connectivity index (χ1v) is 10.9. The molecule has 0 radical (unpaired) electrons. The Morgan fingerprint density at radius 3 is 2.50 bits per heavy atom. The number of hydrogen-bond acceptors (Lipinski definition) is 5. The third kappa shape index (κ3) is 6.69. The number of rotatable bonds is 6. The minimum atomic E-state index is -5.24. The van der Waals surface area contributed by atoms with Gasteiger partial charge in [-0.3, -0.25) is 4.99 Å². The number of halogens is 4. The largest absolute Gasteiger partial charge is 0.511 e. The predicted molar refractivity (Wildman–Crippen MR) is 114 cm³/mol. The third-order valence-corrected chi connectivity index (χ3v) is 7.00. The number of guanidine groups is 1. The van der Waals surface area contributed by atoms with E-state index >= 15 is 0 Å². The number of hydrogen-bond donors (Lipinski definition) is 2. The Bertz CT molecular complexity index is 747. The summed E-state index contributed by atoms with van der Waals surface area (Å²) in [7, 11) is -3.60. The number of aromatic nitrogens is 1. The van der Waals surface area contributed by atoms with Gasteiger partial charge in [0.05, 0.1) is 17.2 Å². The molecule has 2 heterocycles. The van der Waals surface area contributed by atoms with Crippen LogP contribution in [0.25, 0.3) is 0 Å². The van der Waals surface area contributed by atoms with E-state index in [9.17, 15) is 21.6 Å². The van der Waals surface area contributed by atoms with Crippen molar-refractivity contribution in [1.82, 2.24) is 19.9 Å². The van der Waals surface area contributed by atoms with Crippen molar-refractivity contribution in [3.05, 3.63) is 16.1 Å². The summed E-state index contributed by atoms with van der Waals surface area (Å²) in [6.45, 7) is 2.83. The first-order valence-electron chi connectivity index (χ1n) is 8.61. The minimum absolute atomic E-state index is 0. The minimum Gasteiger partial charge on any atom is -0.356 e. The van der Waals surface area contributed by atoms with Gasteiger partial charge >= 0.3 is 15.5 Å². The van der Waals surface area contributed by atoms with Crippen molar-refractivity contribution in [3.63, 3.8) is 0 Å². The van der Waals surface area contributed by atoms with E-state index in [0.717, 1.165) is 17.1 Å². The van der Waals surface area contributed by atoms with E-state index < -0.39 is 15.5 Å². The standard InChI is InChI=1S/C15H24F3N5O2S2.HI/c1-3-13-22-12(10-26-13)9-21-14(19-2)20-8-11-4-6-23(7-5-11)27(24,25)15(16,17)18;/h10-11H,3-9H2,1-2H3,(H2,19,20,21);1H. The van der Waals surface area contributed by atoms with Crippen molar-refractivity contribution in [2.24, 2.45) is 10.9 Å². The van der Waals surface area contributed by atoms with E-state index in [4.69, 9.17) is 0 Å². The molecule has 13 heteroatoms. The molecular weight excluding hydrogens is 530 g/mol. The maximum absolute atomic E-state index is 12.6. The fourth-order valence-electron chi connectivity index (χ4n) is 2.73. The molecule has 1 fully saturated rings. The molecule has 0 aromatic carbocycles. The Hall–Kier alpha value is -0.670. The highest BCUT2D eigenvalue weighted by Crippen LogP contribution is 2.30. The van der Waals surface area contributed by atoms with Gasteiger partial charge in [-0.05, 0) is 25.2 Å². The second-order valence-electron chi connectivity index (χ2n) is 6.19. The first kappa shape index (κ1) is 25.4. The Kier molecular flexibility index (Phi) is 9.89. The van der Waals surface area contributed by atoms with Crippen molar-refractivity contribution in [1.29, 1.82) is 0 Å². The van der Waals surface area contributed by atoms with Gasteiger partial charge in [0, 0.05) is 32.1 Å². The van der Waals surface area contributed by atoms with Crippen molar-refractivity contribution in [2.75, 3.05) is 26.7 Å². The molecule has 28 heavy (non-hydrogen) atoms. The Balaban J connectivity index is 0.00000392. The summed E-state index contributed by atoms with van der Waals surface area (Å²) >= 11 is 1.60. The van der Waals surface area contributed by atoms with Crippen molar-refractivity contribution in [3.8, 4) is 0 Å². The van der Waals surface area contributed by atoms with Gasteiger partial charge in [-0.2, -0.15) is 17.5 Å². The summed E-state index contributed by atoms with van der Waals surface area (Å²) in [6, 6.07) is 0. The lowest BCUT2D eigenvalue weighted by atomic mass is 9.98. The fraction of sp³-hybridized carbons (Fsp3) is 0.733. The van der Waals surface area contributed by atoms with E-state index in [1.54, 1.807) is 18.4 Å². The summed E-state index contributed by atoms with van der Waals surface area (Å²) in [5.41, 5.74) is -4.32. The molecule has 0 spiro atoms. The van der Waals surface area contributed by atoms with Gasteiger partial charge in [-0.15, -0.1) is 35.3 Å². The molecule has 1 aliphatic rings. The van der Waals surface area contributed by atoms with E-state index in [-0.39, 0.29) is 43.0 Å². The van der Waals surface area contributed by atoms with Gasteiger partial charge in [0.25, 0.3) is 0 Å². The van der Waals surface area contributed by atoms with Gasteiger partial charge in [0.1, 0.15) is 0 Å². The van der Waals surface area contributed by atoms with E-state index in [2.05, 4.69) is 20.6 Å². The summed E-state index contributed by atoms with van der Waals surface area (Å²) in [5.74, 6) is 0.653. The molecule has 0 saturated carbocycles. The maximum atomic E-state index is 12.6. The van der Waals surface area contributed by atoms with Gasteiger partial charge in [-0.25, -0.2) is 13.4 Å². The average Bonchev–Trinajstić information content (AvgIpc) is 3.09. The van der Waals surface area contributed by atoms with Gasteiger partial charge in [0.15, 0.2) is 5.96 Å². The number of nitrogens with one attached hydrogen (secondary N) is 2. The van der Waals surface area contributed by atoms with Crippen LogP contribution in [0.3, 0.4) is 0 Å². The normalized spacial score (nSPS) is 17.2. The summed E-state index contributed by atoms with van der Waals surface area (Å²) in [4.78, 5) is 8.57. The zero-order valence-corrected chi connectivity index (χ0v) is 19.6. The zero-order valence-electron chi connectivity index (χ0n) is 15.6. The van der Waals surface area contributed by atoms with E-state index in [0.29, 0.717) is 36.2 Å². The first-order chi connectivity index (χ1) is 12.7. The van der Waals surface area contributed by atoms with Crippen molar-refractivity contribution >= 4 is 51.3 Å². The van der Waals surface area contributed by atoms with Crippen LogP contribution in [0.2, 0.25) is 0 Å². The Morgan fingerprint density at radius 2 is 2.00 bits per heavy atom. The molecular formula is C15H25F3IN5O2S2. The molecule has 7 nitrogen and oxygen atoms in total. The second-order valence-corrected chi connectivity index (χ2v) is 9.06. The van der Waals surface area contributed by atoms with Gasteiger partial charge in [0.2, 0.25) is 0 Å². The van der Waals surface area contributed by atoms with Crippen LogP contribution in [0.15, 0.2) is 10.4 Å². The van der Waals surface area contributed by atoms with E-state index in [1.165, 1.54) is 0 Å². The Morgan fingerprint density at radius 1 is 1.36 bits per heavy atom. The molecule has 0 unspecified atom stereocenters. The van der Waals surface area contributed by atoms with E-state index in [1.807, 2.05) is 12.3 Å². The SMILES string of the molecule is CCc1nc(CNC(=NC)NCC2CCN(S(=O)(=O)C(F)(F)F)CC2)cs1.I. The molecule has 0 atom stereocenters. The second kappa shape index (κ2) is 10.9. The number of aryl methyl sites for hydroxylation is 1. The zero-order chi connectivity index (χ0) is 20.1. The number of sulfonamides is 1. The van der Waals surface area contributed by atoms with Gasteiger partial charge in [-0.1, -0.05) is 6.92 Å². The molecule has 2 N–H and O–H groups in total. The smallest absolute Gasteiger partial charge is 0.356 e. The number of thiazole rings is 1. The molecule has 1 aromatic rings. The molecule has 0 bridgehead atoms. The molecule has 162 valence electrons. The third-order valence-electron chi connectivity index (χ3n) is 4.33. The van der Waals surface area contributed by atoms with Crippen molar-refractivity contribution < 1.29 is 21.6 Å². The molecule has 1 aliphatic heterocycles. The summed E-state index contributed by atoms with van der Waals surface area (Å²) < 4.78 is 61.1. The lowest BCUT2D eigenvalue weighted by Crippen LogP contribution is -2.47. The number of nitrogens with zero attached hydrogens (tertiary/aromatic N) is 3. The average molecular weight is 555 g/mol. The lowest BCUT2D eigenvalue weighted by molar-refractivity contribution is -0.0496. The molecule has 1 aromatic heterocycles.